The minimum atomic E-state index is -0.180. The molecule has 0 spiro atoms. The molecule has 0 aromatic carbocycles. The van der Waals surface area contributed by atoms with Crippen molar-refractivity contribution < 1.29 is 4.79 Å². The molecule has 4 rings (SSSR count). The van der Waals surface area contributed by atoms with E-state index in [1.807, 2.05) is 31.3 Å². The summed E-state index contributed by atoms with van der Waals surface area (Å²) in [7, 11) is 0. The van der Waals surface area contributed by atoms with E-state index in [-0.39, 0.29) is 5.91 Å². The van der Waals surface area contributed by atoms with Crippen LogP contribution in [0.25, 0.3) is 5.82 Å². The molecule has 4 heterocycles. The first-order valence-corrected chi connectivity index (χ1v) is 10.0. The van der Waals surface area contributed by atoms with Gasteiger partial charge in [0.05, 0.1) is 17.5 Å². The molecular formula is C19H22N6OS. The maximum atomic E-state index is 12.8. The van der Waals surface area contributed by atoms with Crippen molar-refractivity contribution in [2.75, 3.05) is 18.4 Å². The van der Waals surface area contributed by atoms with Crippen LogP contribution in [0.5, 0.6) is 0 Å². The van der Waals surface area contributed by atoms with Crippen LogP contribution in [0, 0.1) is 0 Å². The number of pyridine rings is 1. The molecule has 7 nitrogen and oxygen atoms in total. The molecule has 0 radical (unpaired) electrons. The molecule has 8 heteroatoms. The Morgan fingerprint density at radius 3 is 2.89 bits per heavy atom. The SMILES string of the molecule is CCc1c(C(=O)Nc2ncc(C3CCNCC3)s2)cnn1-c1ccccn1. The van der Waals surface area contributed by atoms with E-state index in [4.69, 9.17) is 0 Å². The number of anilines is 1. The fourth-order valence-corrected chi connectivity index (χ4v) is 4.36. The zero-order chi connectivity index (χ0) is 18.6. The number of rotatable bonds is 5. The minimum absolute atomic E-state index is 0.180. The van der Waals surface area contributed by atoms with Crippen LogP contribution >= 0.6 is 11.3 Å². The van der Waals surface area contributed by atoms with Crippen LogP contribution in [0.3, 0.4) is 0 Å². The van der Waals surface area contributed by atoms with Crippen molar-refractivity contribution in [1.82, 2.24) is 25.1 Å². The summed E-state index contributed by atoms with van der Waals surface area (Å²) in [5, 5.41) is 11.3. The van der Waals surface area contributed by atoms with Crippen LogP contribution in [0.4, 0.5) is 5.13 Å². The third kappa shape index (κ3) is 3.77. The molecule has 1 fully saturated rings. The van der Waals surface area contributed by atoms with Crippen LogP contribution in [-0.2, 0) is 6.42 Å². The Balaban J connectivity index is 1.52. The van der Waals surface area contributed by atoms with Gasteiger partial charge in [-0.3, -0.25) is 10.1 Å². The molecule has 1 aliphatic rings. The molecule has 0 bridgehead atoms. The fourth-order valence-electron chi connectivity index (χ4n) is 3.38. The van der Waals surface area contributed by atoms with Gasteiger partial charge in [0.2, 0.25) is 0 Å². The lowest BCUT2D eigenvalue weighted by atomic mass is 9.97. The topological polar surface area (TPSA) is 84.7 Å². The van der Waals surface area contributed by atoms with Gasteiger partial charge in [-0.2, -0.15) is 5.10 Å². The van der Waals surface area contributed by atoms with Crippen LogP contribution in [0.1, 0.15) is 46.6 Å². The van der Waals surface area contributed by atoms with Crippen molar-refractivity contribution in [3.63, 3.8) is 0 Å². The van der Waals surface area contributed by atoms with Gasteiger partial charge in [-0.25, -0.2) is 14.6 Å². The highest BCUT2D eigenvalue weighted by molar-refractivity contribution is 7.15. The van der Waals surface area contributed by atoms with Gasteiger partial charge < -0.3 is 5.32 Å². The van der Waals surface area contributed by atoms with E-state index in [2.05, 4.69) is 25.7 Å². The van der Waals surface area contributed by atoms with Crippen molar-refractivity contribution >= 4 is 22.4 Å². The molecule has 140 valence electrons. The molecular weight excluding hydrogens is 360 g/mol. The van der Waals surface area contributed by atoms with E-state index < -0.39 is 0 Å². The summed E-state index contributed by atoms with van der Waals surface area (Å²) in [6, 6.07) is 5.63. The first-order valence-electron chi connectivity index (χ1n) is 9.22. The number of carbonyl (C=O) groups is 1. The van der Waals surface area contributed by atoms with Crippen molar-refractivity contribution in [3.05, 3.63) is 52.9 Å². The molecule has 3 aromatic rings. The van der Waals surface area contributed by atoms with Gasteiger partial charge in [0.1, 0.15) is 0 Å². The zero-order valence-corrected chi connectivity index (χ0v) is 16.0. The second-order valence-corrected chi connectivity index (χ2v) is 7.57. The Bertz CT molecular complexity index is 913. The highest BCUT2D eigenvalue weighted by Crippen LogP contribution is 2.32. The number of nitrogens with zero attached hydrogens (tertiary/aromatic N) is 4. The van der Waals surface area contributed by atoms with Crippen molar-refractivity contribution in [3.8, 4) is 5.82 Å². The molecule has 0 atom stereocenters. The normalized spacial score (nSPS) is 15.0. The van der Waals surface area contributed by atoms with E-state index in [0.717, 1.165) is 31.6 Å². The van der Waals surface area contributed by atoms with Gasteiger partial charge in [0, 0.05) is 17.3 Å². The number of piperidine rings is 1. The molecule has 0 unspecified atom stereocenters. The molecule has 1 amide bonds. The number of aromatic nitrogens is 4. The maximum absolute atomic E-state index is 12.8. The van der Waals surface area contributed by atoms with Gasteiger partial charge in [0.15, 0.2) is 10.9 Å². The van der Waals surface area contributed by atoms with E-state index in [0.29, 0.717) is 28.9 Å². The summed E-state index contributed by atoms with van der Waals surface area (Å²) in [5.41, 5.74) is 1.39. The third-order valence-corrected chi connectivity index (χ3v) is 5.88. The predicted molar refractivity (Wildman–Crippen MR) is 106 cm³/mol. The second-order valence-electron chi connectivity index (χ2n) is 6.50. The van der Waals surface area contributed by atoms with Crippen molar-refractivity contribution in [2.24, 2.45) is 0 Å². The molecule has 2 N–H and O–H groups in total. The summed E-state index contributed by atoms with van der Waals surface area (Å²) >= 11 is 1.57. The third-order valence-electron chi connectivity index (χ3n) is 4.80. The molecule has 0 saturated carbocycles. The highest BCUT2D eigenvalue weighted by atomic mass is 32.1. The predicted octanol–water partition coefficient (Wildman–Crippen LogP) is 3.01. The number of nitrogens with one attached hydrogen (secondary N) is 2. The number of thiazole rings is 1. The monoisotopic (exact) mass is 382 g/mol. The van der Waals surface area contributed by atoms with Gasteiger partial charge in [-0.15, -0.1) is 11.3 Å². The first kappa shape index (κ1) is 17.8. The summed E-state index contributed by atoms with van der Waals surface area (Å²) in [5.74, 6) is 1.06. The summed E-state index contributed by atoms with van der Waals surface area (Å²) < 4.78 is 1.72. The lowest BCUT2D eigenvalue weighted by molar-refractivity contribution is 0.102. The average molecular weight is 382 g/mol. The van der Waals surface area contributed by atoms with E-state index >= 15 is 0 Å². The van der Waals surface area contributed by atoms with Crippen LogP contribution in [-0.4, -0.2) is 38.7 Å². The fraction of sp³-hybridized carbons (Fsp3) is 0.368. The Labute approximate surface area is 161 Å². The number of amides is 1. The minimum Gasteiger partial charge on any atom is -0.317 e. The summed E-state index contributed by atoms with van der Waals surface area (Å²) in [6.45, 7) is 4.08. The standard InChI is InChI=1S/C19H22N6OS/c1-2-15-14(11-23-25(15)17-5-3-4-8-21-17)18(26)24-19-22-12-16(27-19)13-6-9-20-10-7-13/h3-5,8,11-13,20H,2,6-7,9-10H2,1H3,(H,22,24,26). The maximum Gasteiger partial charge on any atom is 0.260 e. The number of hydrogen-bond donors (Lipinski definition) is 2. The Kier molecular flexibility index (Phi) is 5.26. The first-order chi connectivity index (χ1) is 13.3. The number of hydrogen-bond acceptors (Lipinski definition) is 6. The number of carbonyl (C=O) groups excluding carboxylic acids is 1. The molecule has 1 saturated heterocycles. The summed E-state index contributed by atoms with van der Waals surface area (Å²) in [6.07, 6.45) is 8.13. The van der Waals surface area contributed by atoms with Crippen LogP contribution < -0.4 is 10.6 Å². The smallest absolute Gasteiger partial charge is 0.260 e. The second kappa shape index (κ2) is 7.98. The van der Waals surface area contributed by atoms with E-state index in [1.54, 1.807) is 28.4 Å². The van der Waals surface area contributed by atoms with Gasteiger partial charge >= 0.3 is 0 Å². The van der Waals surface area contributed by atoms with Crippen molar-refractivity contribution in [1.29, 1.82) is 0 Å². The van der Waals surface area contributed by atoms with Crippen molar-refractivity contribution in [2.45, 2.75) is 32.1 Å². The molecule has 0 aliphatic carbocycles. The Morgan fingerprint density at radius 1 is 1.30 bits per heavy atom. The summed E-state index contributed by atoms with van der Waals surface area (Å²) in [4.78, 5) is 22.8. The van der Waals surface area contributed by atoms with Gasteiger partial charge in [-0.1, -0.05) is 13.0 Å². The van der Waals surface area contributed by atoms with Crippen LogP contribution in [0.2, 0.25) is 0 Å². The Hall–Kier alpha value is -2.58. The lowest BCUT2D eigenvalue weighted by Crippen LogP contribution is -2.26. The molecule has 1 aliphatic heterocycles. The quantitative estimate of drug-likeness (QED) is 0.709. The molecule has 3 aromatic heterocycles. The largest absolute Gasteiger partial charge is 0.317 e. The van der Waals surface area contributed by atoms with Gasteiger partial charge in [-0.05, 0) is 50.4 Å². The zero-order valence-electron chi connectivity index (χ0n) is 15.2. The van der Waals surface area contributed by atoms with Crippen LogP contribution in [0.15, 0.2) is 36.8 Å². The van der Waals surface area contributed by atoms with E-state index in [1.165, 1.54) is 4.88 Å². The highest BCUT2D eigenvalue weighted by Gasteiger charge is 2.21. The average Bonchev–Trinajstić information content (AvgIpc) is 3.36. The Morgan fingerprint density at radius 2 is 2.15 bits per heavy atom. The van der Waals surface area contributed by atoms with E-state index in [9.17, 15) is 4.79 Å². The van der Waals surface area contributed by atoms with Gasteiger partial charge in [0.25, 0.3) is 5.91 Å². The lowest BCUT2D eigenvalue weighted by Gasteiger charge is -2.20. The molecule has 27 heavy (non-hydrogen) atoms.